The number of benzene rings is 1. The highest BCUT2D eigenvalue weighted by atomic mass is 35.5. The summed E-state index contributed by atoms with van der Waals surface area (Å²) in [6, 6.07) is 4.50. The molecule has 1 aliphatic rings. The summed E-state index contributed by atoms with van der Waals surface area (Å²) in [5, 5.41) is 0.676. The molecule has 2 amide bonds. The van der Waals surface area contributed by atoms with E-state index in [1.54, 1.807) is 28.0 Å². The number of rotatable bonds is 4. The van der Waals surface area contributed by atoms with Crippen LogP contribution in [0.4, 0.5) is 0 Å². The summed E-state index contributed by atoms with van der Waals surface area (Å²) in [5.74, 6) is -0.116. The van der Waals surface area contributed by atoms with E-state index in [0.29, 0.717) is 41.8 Å². The molecule has 1 fully saturated rings. The maximum absolute atomic E-state index is 12.6. The van der Waals surface area contributed by atoms with E-state index in [-0.39, 0.29) is 30.1 Å². The number of carbonyl (C=O) groups is 2. The van der Waals surface area contributed by atoms with Crippen molar-refractivity contribution < 1.29 is 9.59 Å². The fraction of sp³-hybridized carbons (Fsp3) is 0.529. The number of nitrogens with zero attached hydrogens (tertiary/aromatic N) is 2. The van der Waals surface area contributed by atoms with Crippen molar-refractivity contribution in [3.63, 3.8) is 0 Å². The Labute approximate surface area is 164 Å². The molecule has 0 radical (unpaired) electrons. The summed E-state index contributed by atoms with van der Waals surface area (Å²) in [7, 11) is 0. The lowest BCUT2D eigenvalue weighted by atomic mass is 9.98. The van der Waals surface area contributed by atoms with Crippen LogP contribution in [0.15, 0.2) is 18.2 Å². The van der Waals surface area contributed by atoms with Crippen molar-refractivity contribution in [1.29, 1.82) is 0 Å². The van der Waals surface area contributed by atoms with Crippen LogP contribution in [0, 0.1) is 5.92 Å². The van der Waals surface area contributed by atoms with Gasteiger partial charge in [0.15, 0.2) is 0 Å². The zero-order valence-electron chi connectivity index (χ0n) is 14.4. The molecule has 0 aliphatic carbocycles. The Balaban J connectivity index is 0.00000312. The van der Waals surface area contributed by atoms with E-state index in [1.807, 2.05) is 13.8 Å². The lowest BCUT2D eigenvalue weighted by Gasteiger charge is -2.36. The minimum absolute atomic E-state index is 0. The third-order valence-corrected chi connectivity index (χ3v) is 5.23. The summed E-state index contributed by atoms with van der Waals surface area (Å²) in [4.78, 5) is 28.4. The van der Waals surface area contributed by atoms with Gasteiger partial charge >= 0.3 is 0 Å². The van der Waals surface area contributed by atoms with E-state index in [1.165, 1.54) is 0 Å². The number of halogens is 3. The molecule has 2 N–H and O–H groups in total. The first-order valence-corrected chi connectivity index (χ1v) is 8.90. The van der Waals surface area contributed by atoms with Crippen LogP contribution in [0.5, 0.6) is 0 Å². The Bertz CT molecular complexity index is 599. The summed E-state index contributed by atoms with van der Waals surface area (Å²) in [6.07, 6.45) is 0.858. The first-order chi connectivity index (χ1) is 11.4. The van der Waals surface area contributed by atoms with Gasteiger partial charge in [-0.25, -0.2) is 0 Å². The molecule has 0 bridgehead atoms. The fourth-order valence-electron chi connectivity index (χ4n) is 2.70. The first kappa shape index (κ1) is 22.0. The predicted octanol–water partition coefficient (Wildman–Crippen LogP) is 3.07. The van der Waals surface area contributed by atoms with Crippen LogP contribution in [0.3, 0.4) is 0 Å². The van der Waals surface area contributed by atoms with Gasteiger partial charge in [-0.15, -0.1) is 12.4 Å². The van der Waals surface area contributed by atoms with Crippen LogP contribution < -0.4 is 5.73 Å². The van der Waals surface area contributed by atoms with Crippen molar-refractivity contribution in [2.45, 2.75) is 26.3 Å². The van der Waals surface area contributed by atoms with Crippen LogP contribution in [0.2, 0.25) is 10.0 Å². The minimum atomic E-state index is -0.490. The molecule has 1 aromatic rings. The molecule has 25 heavy (non-hydrogen) atoms. The summed E-state index contributed by atoms with van der Waals surface area (Å²) in [6.45, 7) is 5.82. The highest BCUT2D eigenvalue weighted by Crippen LogP contribution is 2.26. The third-order valence-electron chi connectivity index (χ3n) is 4.60. The van der Waals surface area contributed by atoms with Gasteiger partial charge in [0.2, 0.25) is 5.91 Å². The van der Waals surface area contributed by atoms with Crippen molar-refractivity contribution in [3.05, 3.63) is 33.8 Å². The number of nitrogens with two attached hydrogens (primary N) is 1. The van der Waals surface area contributed by atoms with Crippen molar-refractivity contribution in [1.82, 2.24) is 9.80 Å². The maximum atomic E-state index is 12.6. The van der Waals surface area contributed by atoms with Gasteiger partial charge in [-0.05, 0) is 18.1 Å². The average Bonchev–Trinajstić information content (AvgIpc) is 2.59. The van der Waals surface area contributed by atoms with Crippen LogP contribution >= 0.6 is 35.6 Å². The molecular weight excluding hydrogens is 385 g/mol. The molecule has 5 nitrogen and oxygen atoms in total. The van der Waals surface area contributed by atoms with Crippen molar-refractivity contribution >= 4 is 47.4 Å². The zero-order chi connectivity index (χ0) is 17.9. The molecular formula is C17H24Cl3N3O2. The number of carbonyl (C=O) groups excluding carboxylic acids is 2. The van der Waals surface area contributed by atoms with Crippen LogP contribution in [0.1, 0.15) is 30.6 Å². The average molecular weight is 409 g/mol. The Morgan fingerprint density at radius 1 is 1.12 bits per heavy atom. The van der Waals surface area contributed by atoms with Gasteiger partial charge in [0.05, 0.1) is 21.7 Å². The van der Waals surface area contributed by atoms with Crippen molar-refractivity contribution in [2.75, 3.05) is 26.2 Å². The van der Waals surface area contributed by atoms with E-state index in [2.05, 4.69) is 0 Å². The molecule has 1 saturated heterocycles. The van der Waals surface area contributed by atoms with Crippen LogP contribution in [0.25, 0.3) is 0 Å². The summed E-state index contributed by atoms with van der Waals surface area (Å²) >= 11 is 12.2. The SMILES string of the molecule is CCC(C)C(N)C(=O)N1CCN(C(=O)c2c(Cl)cccc2Cl)CC1.Cl. The van der Waals surface area contributed by atoms with Gasteiger partial charge in [-0.1, -0.05) is 49.5 Å². The van der Waals surface area contributed by atoms with Crippen LogP contribution in [-0.4, -0.2) is 53.8 Å². The molecule has 8 heteroatoms. The number of piperazine rings is 1. The van der Waals surface area contributed by atoms with Gasteiger partial charge in [0.25, 0.3) is 5.91 Å². The Hall–Kier alpha value is -1.01. The predicted molar refractivity (Wildman–Crippen MR) is 104 cm³/mol. The first-order valence-electron chi connectivity index (χ1n) is 8.14. The van der Waals surface area contributed by atoms with E-state index in [4.69, 9.17) is 28.9 Å². The molecule has 2 unspecified atom stereocenters. The van der Waals surface area contributed by atoms with E-state index in [9.17, 15) is 9.59 Å². The monoisotopic (exact) mass is 407 g/mol. The van der Waals surface area contributed by atoms with E-state index >= 15 is 0 Å². The molecule has 0 saturated carbocycles. The molecule has 1 aliphatic heterocycles. The highest BCUT2D eigenvalue weighted by molar-refractivity contribution is 6.39. The molecule has 2 atom stereocenters. The van der Waals surface area contributed by atoms with Gasteiger partial charge in [-0.3, -0.25) is 9.59 Å². The second kappa shape index (κ2) is 9.62. The normalized spacial score (nSPS) is 16.8. The largest absolute Gasteiger partial charge is 0.338 e. The van der Waals surface area contributed by atoms with E-state index < -0.39 is 6.04 Å². The third kappa shape index (κ3) is 5.00. The number of hydrogen-bond donors (Lipinski definition) is 1. The van der Waals surface area contributed by atoms with Gasteiger partial charge in [-0.2, -0.15) is 0 Å². The van der Waals surface area contributed by atoms with Gasteiger partial charge in [0.1, 0.15) is 0 Å². The molecule has 1 aromatic carbocycles. The second-order valence-corrected chi connectivity index (χ2v) is 6.94. The molecule has 0 aromatic heterocycles. The number of amides is 2. The molecule has 140 valence electrons. The fourth-order valence-corrected chi connectivity index (χ4v) is 3.26. The number of hydrogen-bond acceptors (Lipinski definition) is 3. The van der Waals surface area contributed by atoms with Crippen molar-refractivity contribution in [3.8, 4) is 0 Å². The molecule has 0 spiro atoms. The maximum Gasteiger partial charge on any atom is 0.257 e. The Kier molecular flexibility index (Phi) is 8.48. The smallest absolute Gasteiger partial charge is 0.257 e. The van der Waals surface area contributed by atoms with Gasteiger partial charge in [0, 0.05) is 26.2 Å². The lowest BCUT2D eigenvalue weighted by Crippen LogP contribution is -2.55. The van der Waals surface area contributed by atoms with E-state index in [0.717, 1.165) is 6.42 Å². The van der Waals surface area contributed by atoms with Crippen LogP contribution in [-0.2, 0) is 4.79 Å². The lowest BCUT2D eigenvalue weighted by molar-refractivity contribution is -0.135. The quantitative estimate of drug-likeness (QED) is 0.832. The Morgan fingerprint density at radius 3 is 2.08 bits per heavy atom. The summed E-state index contributed by atoms with van der Waals surface area (Å²) in [5.41, 5.74) is 6.34. The second-order valence-electron chi connectivity index (χ2n) is 6.13. The summed E-state index contributed by atoms with van der Waals surface area (Å²) < 4.78 is 0. The Morgan fingerprint density at radius 2 is 1.60 bits per heavy atom. The topological polar surface area (TPSA) is 66.6 Å². The molecule has 1 heterocycles. The van der Waals surface area contributed by atoms with Crippen molar-refractivity contribution in [2.24, 2.45) is 11.7 Å². The minimum Gasteiger partial charge on any atom is -0.338 e. The zero-order valence-corrected chi connectivity index (χ0v) is 16.7. The van der Waals surface area contributed by atoms with Gasteiger partial charge < -0.3 is 15.5 Å². The molecule has 2 rings (SSSR count). The highest BCUT2D eigenvalue weighted by Gasteiger charge is 2.30. The standard InChI is InChI=1S/C17H23Cl2N3O2.ClH/c1-3-11(2)15(20)17(24)22-9-7-21(8-10-22)16(23)14-12(18)5-4-6-13(14)19;/h4-6,11,15H,3,7-10,20H2,1-2H3;1H.